The number of rotatable bonds is 4. The van der Waals surface area contributed by atoms with Crippen molar-refractivity contribution in [2.75, 3.05) is 13.1 Å². The maximum atomic E-state index is 9.41. The van der Waals surface area contributed by atoms with Crippen LogP contribution in [0.1, 0.15) is 0 Å². The van der Waals surface area contributed by atoms with E-state index in [1.54, 1.807) is 0 Å². The molecule has 0 spiro atoms. The lowest BCUT2D eigenvalue weighted by Crippen LogP contribution is -2.31. The van der Waals surface area contributed by atoms with Gasteiger partial charge in [0, 0.05) is 13.1 Å². The maximum absolute atomic E-state index is 9.41. The summed E-state index contributed by atoms with van der Waals surface area (Å²) in [6.07, 6.45) is -1.31. The van der Waals surface area contributed by atoms with E-state index < -0.39 is 6.35 Å². The van der Waals surface area contributed by atoms with E-state index in [1.165, 1.54) is 0 Å². The first-order chi connectivity index (χ1) is 3.81. The first-order valence-electron chi connectivity index (χ1n) is 2.25. The van der Waals surface area contributed by atoms with Crippen molar-refractivity contribution in [1.29, 1.82) is 0 Å². The van der Waals surface area contributed by atoms with Gasteiger partial charge in [-0.25, -0.2) is 0 Å². The van der Waals surface area contributed by atoms with E-state index in [0.717, 1.165) is 0 Å². The highest BCUT2D eigenvalue weighted by Gasteiger charge is 1.95. The Morgan fingerprint density at radius 1 is 1.88 bits per heavy atom. The van der Waals surface area contributed by atoms with Crippen molar-refractivity contribution in [3.05, 3.63) is 4.91 Å². The van der Waals surface area contributed by atoms with Crippen LogP contribution in [-0.2, 0) is 0 Å². The van der Waals surface area contributed by atoms with Crippen LogP contribution >= 0.6 is 0 Å². The first-order valence-corrected chi connectivity index (χ1v) is 2.25. The van der Waals surface area contributed by atoms with Gasteiger partial charge in [-0.2, -0.15) is 0 Å². The molecule has 0 aliphatic rings. The Bertz CT molecular complexity index is 67.5. The van der Waals surface area contributed by atoms with Crippen molar-refractivity contribution < 1.29 is 5.11 Å². The van der Waals surface area contributed by atoms with Crippen LogP contribution in [0.15, 0.2) is 5.18 Å². The average molecular weight is 119 g/mol. The predicted octanol–water partition coefficient (Wildman–Crippen LogP) is -1.42. The summed E-state index contributed by atoms with van der Waals surface area (Å²) >= 11 is 0. The molecule has 0 bridgehead atoms. The van der Waals surface area contributed by atoms with Gasteiger partial charge in [-0.15, -0.1) is 4.91 Å². The smallest absolute Gasteiger partial charge is 0.242 e. The molecule has 0 heterocycles. The summed E-state index contributed by atoms with van der Waals surface area (Å²) in [7, 11) is 0. The van der Waals surface area contributed by atoms with Gasteiger partial charge in [-0.3, -0.25) is 5.32 Å². The van der Waals surface area contributed by atoms with Crippen molar-refractivity contribution >= 4 is 0 Å². The third kappa shape index (κ3) is 3.66. The Balaban J connectivity index is 2.98. The molecule has 0 aliphatic heterocycles. The van der Waals surface area contributed by atoms with E-state index in [1.807, 2.05) is 0 Å². The van der Waals surface area contributed by atoms with E-state index in [9.17, 15) is 4.91 Å². The zero-order valence-corrected chi connectivity index (χ0v) is 4.37. The van der Waals surface area contributed by atoms with Crippen LogP contribution in [0.25, 0.3) is 0 Å². The van der Waals surface area contributed by atoms with Gasteiger partial charge >= 0.3 is 0 Å². The van der Waals surface area contributed by atoms with Crippen molar-refractivity contribution in [3.63, 3.8) is 0 Å². The number of hydrogen-bond acceptors (Lipinski definition) is 5. The van der Waals surface area contributed by atoms with Crippen molar-refractivity contribution in [2.45, 2.75) is 6.35 Å². The minimum Gasteiger partial charge on any atom is -0.357 e. The van der Waals surface area contributed by atoms with Crippen molar-refractivity contribution in [3.8, 4) is 0 Å². The number of nitrogens with one attached hydrogen (secondary N) is 1. The van der Waals surface area contributed by atoms with E-state index in [2.05, 4.69) is 10.5 Å². The third-order valence-electron chi connectivity index (χ3n) is 0.571. The monoisotopic (exact) mass is 119 g/mol. The van der Waals surface area contributed by atoms with Crippen molar-refractivity contribution in [1.82, 2.24) is 5.32 Å². The van der Waals surface area contributed by atoms with Crippen LogP contribution in [0.4, 0.5) is 0 Å². The molecule has 0 aromatic carbocycles. The summed E-state index contributed by atoms with van der Waals surface area (Å²) in [5.74, 6) is 0. The number of nitroso groups, excluding NO2 is 1. The van der Waals surface area contributed by atoms with Crippen LogP contribution in [-0.4, -0.2) is 24.5 Å². The van der Waals surface area contributed by atoms with E-state index >= 15 is 0 Å². The predicted molar refractivity (Wildman–Crippen MR) is 28.9 cm³/mol. The summed E-state index contributed by atoms with van der Waals surface area (Å²) in [4.78, 5) is 9.41. The minimum absolute atomic E-state index is 0.382. The van der Waals surface area contributed by atoms with Gasteiger partial charge < -0.3 is 10.8 Å². The molecule has 1 atom stereocenters. The molecule has 5 nitrogen and oxygen atoms in total. The molecule has 5 heteroatoms. The van der Waals surface area contributed by atoms with Crippen LogP contribution in [0.2, 0.25) is 0 Å². The molecule has 0 aliphatic carbocycles. The normalized spacial score (nSPS) is 13.2. The Morgan fingerprint density at radius 3 is 2.88 bits per heavy atom. The molecule has 0 aromatic rings. The quantitative estimate of drug-likeness (QED) is 0.313. The molecule has 0 aromatic heterocycles. The number of nitrogens with zero attached hydrogens (tertiary/aromatic N) is 1. The Morgan fingerprint density at radius 2 is 2.50 bits per heavy atom. The molecule has 4 N–H and O–H groups in total. The maximum Gasteiger partial charge on any atom is 0.242 e. The molecule has 8 heavy (non-hydrogen) atoms. The molecule has 0 saturated heterocycles. The second kappa shape index (κ2) is 4.63. The lowest BCUT2D eigenvalue weighted by Gasteiger charge is -2.00. The number of nitrogens with two attached hydrogens (primary N) is 1. The van der Waals surface area contributed by atoms with Gasteiger partial charge in [0.1, 0.15) is 0 Å². The van der Waals surface area contributed by atoms with Crippen molar-refractivity contribution in [2.24, 2.45) is 10.9 Å². The fraction of sp³-hybridized carbons (Fsp3) is 1.00. The fourth-order valence-electron chi connectivity index (χ4n) is 0.250. The SMILES string of the molecule is NCCNC(O)N=O. The van der Waals surface area contributed by atoms with Gasteiger partial charge in [0.15, 0.2) is 0 Å². The second-order valence-corrected chi connectivity index (χ2v) is 1.22. The average Bonchev–Trinajstić information content (AvgIpc) is 1.83. The third-order valence-corrected chi connectivity index (χ3v) is 0.571. The first kappa shape index (κ1) is 7.48. The lowest BCUT2D eigenvalue weighted by molar-refractivity contribution is 0.146. The van der Waals surface area contributed by atoms with E-state index in [0.29, 0.717) is 13.1 Å². The molecule has 0 radical (unpaired) electrons. The van der Waals surface area contributed by atoms with Gasteiger partial charge in [-0.1, -0.05) is 0 Å². The van der Waals surface area contributed by atoms with Crippen LogP contribution in [0.3, 0.4) is 0 Å². The molecule has 0 fully saturated rings. The lowest BCUT2D eigenvalue weighted by atomic mass is 10.6. The summed E-state index contributed by atoms with van der Waals surface area (Å²) in [5, 5.41) is 12.9. The zero-order valence-electron chi connectivity index (χ0n) is 4.37. The Hall–Kier alpha value is -0.520. The Kier molecular flexibility index (Phi) is 4.33. The topological polar surface area (TPSA) is 87.7 Å². The summed E-state index contributed by atoms with van der Waals surface area (Å²) in [6, 6.07) is 0. The number of aliphatic hydroxyl groups excluding tert-OH is 1. The second-order valence-electron chi connectivity index (χ2n) is 1.22. The van der Waals surface area contributed by atoms with Gasteiger partial charge in [0.2, 0.25) is 6.35 Å². The van der Waals surface area contributed by atoms with Gasteiger partial charge in [-0.05, 0) is 5.18 Å². The zero-order chi connectivity index (χ0) is 6.41. The molecule has 0 saturated carbocycles. The van der Waals surface area contributed by atoms with Crippen LogP contribution in [0, 0.1) is 4.91 Å². The largest absolute Gasteiger partial charge is 0.357 e. The molecule has 48 valence electrons. The highest BCUT2D eigenvalue weighted by atomic mass is 16.4. The molecular formula is C3H9N3O2. The highest BCUT2D eigenvalue weighted by Crippen LogP contribution is 1.72. The van der Waals surface area contributed by atoms with E-state index in [4.69, 9.17) is 10.8 Å². The molecule has 0 rings (SSSR count). The fourth-order valence-corrected chi connectivity index (χ4v) is 0.250. The minimum atomic E-state index is -1.31. The van der Waals surface area contributed by atoms with Crippen LogP contribution in [0.5, 0.6) is 0 Å². The summed E-state index contributed by atoms with van der Waals surface area (Å²) in [6.45, 7) is 0.777. The standard InChI is InChI=1S/C3H9N3O2/c4-1-2-5-3(7)6-8/h3,5,7H,1-2,4H2. The number of aliphatic hydroxyl groups is 1. The van der Waals surface area contributed by atoms with E-state index in [-0.39, 0.29) is 0 Å². The molecular weight excluding hydrogens is 110 g/mol. The molecule has 0 amide bonds. The summed E-state index contributed by atoms with van der Waals surface area (Å²) in [5.41, 5.74) is 5.01. The van der Waals surface area contributed by atoms with Crippen LogP contribution < -0.4 is 11.1 Å². The highest BCUT2D eigenvalue weighted by molar-refractivity contribution is 4.47. The number of hydrogen-bond donors (Lipinski definition) is 3. The summed E-state index contributed by atoms with van der Waals surface area (Å²) < 4.78 is 0. The molecule has 1 unspecified atom stereocenters. The van der Waals surface area contributed by atoms with Gasteiger partial charge in [0.25, 0.3) is 0 Å². The van der Waals surface area contributed by atoms with Gasteiger partial charge in [0.05, 0.1) is 0 Å². The Labute approximate surface area is 46.8 Å².